The number of nitrogens with one attached hydrogen (secondary N) is 2. The fourth-order valence-corrected chi connectivity index (χ4v) is 1.67. The summed E-state index contributed by atoms with van der Waals surface area (Å²) >= 11 is 0. The molecule has 1 heterocycles. The predicted octanol–water partition coefficient (Wildman–Crippen LogP) is 2.06. The number of nitrogens with zero attached hydrogens (tertiary/aromatic N) is 1. The van der Waals surface area contributed by atoms with E-state index >= 15 is 0 Å². The largest absolute Gasteiger partial charge is 0.508 e. The first-order chi connectivity index (χ1) is 7.72. The molecular weight excluding hydrogens is 202 g/mol. The maximum absolute atomic E-state index is 9.45. The van der Waals surface area contributed by atoms with Crippen molar-refractivity contribution in [1.29, 1.82) is 0 Å². The van der Waals surface area contributed by atoms with Crippen molar-refractivity contribution in [2.45, 2.75) is 13.0 Å². The smallest absolute Gasteiger partial charge is 0.116 e. The van der Waals surface area contributed by atoms with Crippen molar-refractivity contribution >= 4 is 0 Å². The summed E-state index contributed by atoms with van der Waals surface area (Å²) in [6.45, 7) is 2.07. The van der Waals surface area contributed by atoms with Gasteiger partial charge < -0.3 is 10.4 Å². The van der Waals surface area contributed by atoms with Crippen LogP contribution in [0.1, 0.15) is 18.5 Å². The molecule has 1 aromatic heterocycles. The van der Waals surface area contributed by atoms with Crippen LogP contribution in [-0.4, -0.2) is 22.4 Å². The molecule has 0 radical (unpaired) electrons. The number of rotatable bonds is 3. The molecule has 0 aliphatic rings. The highest BCUT2D eigenvalue weighted by atomic mass is 16.3. The Kier molecular flexibility index (Phi) is 2.92. The van der Waals surface area contributed by atoms with Gasteiger partial charge in [-0.15, -0.1) is 0 Å². The fraction of sp³-hybridized carbons (Fsp3) is 0.250. The van der Waals surface area contributed by atoms with Crippen molar-refractivity contribution in [2.75, 3.05) is 7.05 Å². The minimum atomic E-state index is 0.219. The molecule has 0 saturated heterocycles. The summed E-state index contributed by atoms with van der Waals surface area (Å²) in [5.41, 5.74) is 2.97. The Morgan fingerprint density at radius 1 is 1.44 bits per heavy atom. The highest BCUT2D eigenvalue weighted by molar-refractivity contribution is 5.64. The van der Waals surface area contributed by atoms with Crippen LogP contribution in [0.4, 0.5) is 0 Å². The van der Waals surface area contributed by atoms with Gasteiger partial charge in [-0.3, -0.25) is 5.10 Å². The lowest BCUT2D eigenvalue weighted by atomic mass is 10.0. The zero-order chi connectivity index (χ0) is 11.5. The van der Waals surface area contributed by atoms with E-state index in [0.29, 0.717) is 0 Å². The van der Waals surface area contributed by atoms with Crippen LogP contribution in [0.3, 0.4) is 0 Å². The molecular formula is C12H15N3O. The number of benzene rings is 1. The van der Waals surface area contributed by atoms with Crippen molar-refractivity contribution in [2.24, 2.45) is 0 Å². The average molecular weight is 217 g/mol. The third-order valence-corrected chi connectivity index (χ3v) is 2.70. The summed E-state index contributed by atoms with van der Waals surface area (Å²) in [5, 5.41) is 19.6. The molecule has 0 bridgehead atoms. The first-order valence-electron chi connectivity index (χ1n) is 5.22. The van der Waals surface area contributed by atoms with Gasteiger partial charge in [-0.25, -0.2) is 0 Å². The molecule has 0 spiro atoms. The van der Waals surface area contributed by atoms with Gasteiger partial charge in [-0.05, 0) is 26.1 Å². The third kappa shape index (κ3) is 1.92. The normalized spacial score (nSPS) is 12.6. The zero-order valence-corrected chi connectivity index (χ0v) is 9.36. The molecule has 84 valence electrons. The highest BCUT2D eigenvalue weighted by Gasteiger charge is 2.12. The van der Waals surface area contributed by atoms with Gasteiger partial charge in [-0.1, -0.05) is 12.1 Å². The molecule has 2 aromatic rings. The van der Waals surface area contributed by atoms with E-state index in [2.05, 4.69) is 22.4 Å². The molecule has 2 rings (SSSR count). The molecule has 4 heteroatoms. The second-order valence-corrected chi connectivity index (χ2v) is 3.76. The summed E-state index contributed by atoms with van der Waals surface area (Å²) < 4.78 is 0. The Morgan fingerprint density at radius 3 is 2.94 bits per heavy atom. The van der Waals surface area contributed by atoms with Crippen LogP contribution in [0, 0.1) is 0 Å². The molecule has 0 aliphatic heterocycles. The average Bonchev–Trinajstić information content (AvgIpc) is 2.77. The maximum Gasteiger partial charge on any atom is 0.116 e. The first kappa shape index (κ1) is 10.7. The highest BCUT2D eigenvalue weighted by Crippen LogP contribution is 2.27. The van der Waals surface area contributed by atoms with E-state index in [1.807, 2.05) is 19.2 Å². The fourth-order valence-electron chi connectivity index (χ4n) is 1.67. The van der Waals surface area contributed by atoms with Gasteiger partial charge in [0.2, 0.25) is 0 Å². The van der Waals surface area contributed by atoms with Gasteiger partial charge in [-0.2, -0.15) is 5.10 Å². The van der Waals surface area contributed by atoms with Gasteiger partial charge in [0, 0.05) is 17.2 Å². The molecule has 1 aromatic carbocycles. The Bertz CT molecular complexity index is 479. The number of aromatic amines is 1. The monoisotopic (exact) mass is 217 g/mol. The molecule has 1 atom stereocenters. The van der Waals surface area contributed by atoms with Crippen LogP contribution >= 0.6 is 0 Å². The molecule has 0 aliphatic carbocycles. The second kappa shape index (κ2) is 4.37. The topological polar surface area (TPSA) is 60.9 Å². The van der Waals surface area contributed by atoms with Crippen molar-refractivity contribution in [1.82, 2.24) is 15.5 Å². The van der Waals surface area contributed by atoms with E-state index in [9.17, 15) is 5.11 Å². The number of H-pyrrole nitrogens is 1. The van der Waals surface area contributed by atoms with E-state index in [1.165, 1.54) is 0 Å². The molecule has 1 unspecified atom stereocenters. The first-order valence-corrected chi connectivity index (χ1v) is 5.22. The lowest BCUT2D eigenvalue weighted by molar-refractivity contribution is 0.475. The van der Waals surface area contributed by atoms with Crippen LogP contribution in [0.2, 0.25) is 0 Å². The number of phenolic OH excluding ortho intramolecular Hbond substituents is 1. The predicted molar refractivity (Wildman–Crippen MR) is 63.2 cm³/mol. The molecule has 16 heavy (non-hydrogen) atoms. The van der Waals surface area contributed by atoms with Crippen molar-refractivity contribution in [3.63, 3.8) is 0 Å². The maximum atomic E-state index is 9.45. The van der Waals surface area contributed by atoms with Crippen LogP contribution < -0.4 is 5.32 Å². The van der Waals surface area contributed by atoms with Gasteiger partial charge in [0.25, 0.3) is 0 Å². The second-order valence-electron chi connectivity index (χ2n) is 3.76. The van der Waals surface area contributed by atoms with Gasteiger partial charge in [0.05, 0.1) is 11.9 Å². The summed E-state index contributed by atoms with van der Waals surface area (Å²) in [6, 6.07) is 7.36. The lowest BCUT2D eigenvalue weighted by Crippen LogP contribution is -2.12. The number of aromatic hydroxyl groups is 1. The minimum absolute atomic E-state index is 0.219. The van der Waals surface area contributed by atoms with Crippen molar-refractivity contribution < 1.29 is 5.11 Å². The Balaban J connectivity index is 2.44. The molecule has 0 fully saturated rings. The summed E-state index contributed by atoms with van der Waals surface area (Å²) in [5.74, 6) is 0.259. The van der Waals surface area contributed by atoms with Gasteiger partial charge in [0.15, 0.2) is 0 Å². The molecule has 0 amide bonds. The SMILES string of the molecule is CNC(C)c1cn[nH]c1-c1cccc(O)c1. The Hall–Kier alpha value is -1.81. The van der Waals surface area contributed by atoms with Crippen molar-refractivity contribution in [3.8, 4) is 17.0 Å². The number of aromatic nitrogens is 2. The number of hydrogen-bond donors (Lipinski definition) is 3. The molecule has 4 nitrogen and oxygen atoms in total. The van der Waals surface area contributed by atoms with Crippen LogP contribution in [0.25, 0.3) is 11.3 Å². The van der Waals surface area contributed by atoms with E-state index in [0.717, 1.165) is 16.8 Å². The van der Waals surface area contributed by atoms with Crippen LogP contribution in [0.5, 0.6) is 5.75 Å². The molecule has 3 N–H and O–H groups in total. The van der Waals surface area contributed by atoms with Gasteiger partial charge in [0.1, 0.15) is 5.75 Å². The van der Waals surface area contributed by atoms with E-state index in [1.54, 1.807) is 18.3 Å². The quantitative estimate of drug-likeness (QED) is 0.737. The summed E-state index contributed by atoms with van der Waals surface area (Å²) in [6.07, 6.45) is 1.81. The minimum Gasteiger partial charge on any atom is -0.508 e. The van der Waals surface area contributed by atoms with Gasteiger partial charge >= 0.3 is 0 Å². The van der Waals surface area contributed by atoms with E-state index in [4.69, 9.17) is 0 Å². The number of phenols is 1. The van der Waals surface area contributed by atoms with E-state index in [-0.39, 0.29) is 11.8 Å². The lowest BCUT2D eigenvalue weighted by Gasteiger charge is -2.10. The molecule has 0 saturated carbocycles. The summed E-state index contributed by atoms with van der Waals surface area (Å²) in [4.78, 5) is 0. The van der Waals surface area contributed by atoms with Crippen LogP contribution in [0.15, 0.2) is 30.5 Å². The van der Waals surface area contributed by atoms with Crippen LogP contribution in [-0.2, 0) is 0 Å². The third-order valence-electron chi connectivity index (χ3n) is 2.70. The number of hydrogen-bond acceptors (Lipinski definition) is 3. The zero-order valence-electron chi connectivity index (χ0n) is 9.36. The summed E-state index contributed by atoms with van der Waals surface area (Å²) in [7, 11) is 1.91. The van der Waals surface area contributed by atoms with E-state index < -0.39 is 0 Å². The Labute approximate surface area is 94.3 Å². The van der Waals surface area contributed by atoms with Crippen molar-refractivity contribution in [3.05, 3.63) is 36.0 Å². The Morgan fingerprint density at radius 2 is 2.25 bits per heavy atom. The standard InChI is InChI=1S/C12H15N3O/c1-8(13-2)11-7-14-15-12(11)9-4-3-5-10(16)6-9/h3-8,13,16H,1-2H3,(H,14,15).